The number of nitrogens with zero attached hydrogens (tertiary/aromatic N) is 1. The van der Waals surface area contributed by atoms with E-state index in [1.165, 1.54) is 12.5 Å². The number of amides is 3. The zero-order valence-corrected chi connectivity index (χ0v) is 17.9. The number of carboxylic acids is 2. The fourth-order valence-corrected chi connectivity index (χ4v) is 3.30. The van der Waals surface area contributed by atoms with Gasteiger partial charge in [-0.25, -0.2) is 9.78 Å². The number of H-pyrrole nitrogens is 1. The summed E-state index contributed by atoms with van der Waals surface area (Å²) in [6.45, 7) is 1.79. The van der Waals surface area contributed by atoms with Crippen molar-refractivity contribution in [1.82, 2.24) is 31.2 Å². The van der Waals surface area contributed by atoms with Gasteiger partial charge in [0.05, 0.1) is 24.9 Å². The summed E-state index contributed by atoms with van der Waals surface area (Å²) in [7, 11) is 0. The van der Waals surface area contributed by atoms with Gasteiger partial charge in [-0.3, -0.25) is 19.2 Å². The second-order valence-corrected chi connectivity index (χ2v) is 7.72. The van der Waals surface area contributed by atoms with Crippen LogP contribution in [0.25, 0.3) is 0 Å². The first-order valence-electron chi connectivity index (χ1n) is 10.3. The van der Waals surface area contributed by atoms with E-state index in [2.05, 4.69) is 25.9 Å². The Morgan fingerprint density at radius 2 is 1.82 bits per heavy atom. The quantitative estimate of drug-likeness (QED) is 0.156. The van der Waals surface area contributed by atoms with E-state index in [4.69, 9.17) is 10.2 Å². The third kappa shape index (κ3) is 7.84. The van der Waals surface area contributed by atoms with E-state index in [0.29, 0.717) is 18.7 Å². The molecule has 3 amide bonds. The van der Waals surface area contributed by atoms with Crippen molar-refractivity contribution in [3.63, 3.8) is 0 Å². The third-order valence-electron chi connectivity index (χ3n) is 5.05. The van der Waals surface area contributed by atoms with Crippen LogP contribution in [-0.2, 0) is 30.4 Å². The first-order chi connectivity index (χ1) is 15.6. The molecule has 1 aromatic rings. The first kappa shape index (κ1) is 25.7. The Balaban J connectivity index is 2.16. The molecule has 0 bridgehead atoms. The second kappa shape index (κ2) is 11.9. The zero-order chi connectivity index (χ0) is 24.5. The largest absolute Gasteiger partial charge is 0.481 e. The predicted molar refractivity (Wildman–Crippen MR) is 111 cm³/mol. The van der Waals surface area contributed by atoms with Crippen molar-refractivity contribution >= 4 is 29.7 Å². The van der Waals surface area contributed by atoms with E-state index < -0.39 is 66.4 Å². The summed E-state index contributed by atoms with van der Waals surface area (Å²) in [4.78, 5) is 67.1. The van der Waals surface area contributed by atoms with Crippen molar-refractivity contribution in [2.45, 2.75) is 62.9 Å². The van der Waals surface area contributed by atoms with Crippen LogP contribution in [-0.4, -0.2) is 91.8 Å². The van der Waals surface area contributed by atoms with Crippen LogP contribution in [0, 0.1) is 0 Å². The molecule has 0 aliphatic carbocycles. The van der Waals surface area contributed by atoms with Gasteiger partial charge in [-0.05, 0) is 26.3 Å². The molecule has 5 unspecified atom stereocenters. The molecule has 2 heterocycles. The van der Waals surface area contributed by atoms with E-state index in [1.54, 1.807) is 0 Å². The molecule has 8 N–H and O–H groups in total. The summed E-state index contributed by atoms with van der Waals surface area (Å²) in [5.41, 5.74) is 0.508. The van der Waals surface area contributed by atoms with E-state index in [9.17, 15) is 29.1 Å². The molecule has 1 fully saturated rings. The molecule has 33 heavy (non-hydrogen) atoms. The van der Waals surface area contributed by atoms with Gasteiger partial charge in [0.1, 0.15) is 12.1 Å². The molecule has 0 saturated carbocycles. The summed E-state index contributed by atoms with van der Waals surface area (Å²) in [5.74, 6) is -5.34. The average Bonchev–Trinajstić information content (AvgIpc) is 3.44. The van der Waals surface area contributed by atoms with Crippen LogP contribution >= 0.6 is 0 Å². The Bertz CT molecular complexity index is 852. The lowest BCUT2D eigenvalue weighted by Crippen LogP contribution is -2.59. The fraction of sp³-hybridized carbons (Fsp3) is 0.579. The number of hydrogen-bond donors (Lipinski definition) is 8. The Morgan fingerprint density at radius 3 is 2.33 bits per heavy atom. The summed E-state index contributed by atoms with van der Waals surface area (Å²) < 4.78 is 0. The Labute approximate surface area is 188 Å². The highest BCUT2D eigenvalue weighted by Crippen LogP contribution is 2.07. The average molecular weight is 468 g/mol. The number of hydrogen-bond acceptors (Lipinski definition) is 8. The van der Waals surface area contributed by atoms with Crippen LogP contribution < -0.4 is 21.3 Å². The molecule has 0 aromatic carbocycles. The van der Waals surface area contributed by atoms with Crippen molar-refractivity contribution in [2.24, 2.45) is 0 Å². The minimum absolute atomic E-state index is 0.0167. The predicted octanol–water partition coefficient (Wildman–Crippen LogP) is -2.90. The number of rotatable bonds is 12. The normalized spacial score (nSPS) is 19.0. The molecule has 1 aromatic heterocycles. The maximum Gasteiger partial charge on any atom is 0.328 e. The molecule has 5 atom stereocenters. The summed E-state index contributed by atoms with van der Waals surface area (Å²) in [6.07, 6.45) is 1.87. The van der Waals surface area contributed by atoms with E-state index in [-0.39, 0.29) is 6.42 Å². The number of aromatic amines is 1. The lowest BCUT2D eigenvalue weighted by Gasteiger charge is -2.25. The van der Waals surface area contributed by atoms with Crippen LogP contribution in [0.15, 0.2) is 12.5 Å². The van der Waals surface area contributed by atoms with Gasteiger partial charge in [-0.1, -0.05) is 0 Å². The first-order valence-corrected chi connectivity index (χ1v) is 10.3. The van der Waals surface area contributed by atoms with Crippen molar-refractivity contribution in [2.75, 3.05) is 6.54 Å². The van der Waals surface area contributed by atoms with Gasteiger partial charge in [-0.2, -0.15) is 0 Å². The number of carboxylic acid groups (broad SMARTS) is 2. The van der Waals surface area contributed by atoms with E-state index in [0.717, 1.165) is 13.3 Å². The van der Waals surface area contributed by atoms with Crippen LogP contribution in [0.4, 0.5) is 0 Å². The maximum absolute atomic E-state index is 13.0. The van der Waals surface area contributed by atoms with Crippen LogP contribution in [0.1, 0.15) is 31.9 Å². The number of nitrogens with one attached hydrogen (secondary N) is 5. The minimum Gasteiger partial charge on any atom is -0.481 e. The maximum atomic E-state index is 13.0. The molecular formula is C19H28N6O8. The minimum atomic E-state index is -1.71. The van der Waals surface area contributed by atoms with Crippen molar-refractivity contribution in [1.29, 1.82) is 0 Å². The second-order valence-electron chi connectivity index (χ2n) is 7.72. The topological polar surface area (TPSA) is 223 Å². The lowest BCUT2D eigenvalue weighted by atomic mass is 10.1. The Kier molecular flexibility index (Phi) is 9.30. The summed E-state index contributed by atoms with van der Waals surface area (Å²) in [6, 6.07) is -5.01. The molecule has 0 spiro atoms. The van der Waals surface area contributed by atoms with Crippen molar-refractivity contribution in [3.05, 3.63) is 18.2 Å². The number of aromatic nitrogens is 2. The van der Waals surface area contributed by atoms with Crippen LogP contribution in [0.2, 0.25) is 0 Å². The fourth-order valence-electron chi connectivity index (χ4n) is 3.30. The molecular weight excluding hydrogens is 440 g/mol. The lowest BCUT2D eigenvalue weighted by molar-refractivity contribution is -0.146. The standard InChI is InChI=1S/C19H28N6O8/c1-9(26)15(19(32)33)25-18(31)13(6-14(27)28)24-17(30)12(5-10-7-20-8-22-10)23-16(29)11-3-2-4-21-11/h7-9,11-13,15,21,26H,2-6H2,1H3,(H,20,22)(H,23,29)(H,24,30)(H,25,31)(H,27,28)(H,32,33). The number of carbonyl (C=O) groups excluding carboxylic acids is 3. The van der Waals surface area contributed by atoms with Gasteiger partial charge in [0.25, 0.3) is 0 Å². The van der Waals surface area contributed by atoms with Gasteiger partial charge in [-0.15, -0.1) is 0 Å². The molecule has 182 valence electrons. The van der Waals surface area contributed by atoms with Crippen molar-refractivity contribution in [3.8, 4) is 0 Å². The van der Waals surface area contributed by atoms with E-state index in [1.807, 2.05) is 5.32 Å². The van der Waals surface area contributed by atoms with Crippen LogP contribution in [0.3, 0.4) is 0 Å². The smallest absolute Gasteiger partial charge is 0.328 e. The summed E-state index contributed by atoms with van der Waals surface area (Å²) >= 11 is 0. The number of aliphatic hydroxyl groups is 1. The summed E-state index contributed by atoms with van der Waals surface area (Å²) in [5, 5.41) is 37.7. The van der Waals surface area contributed by atoms with Gasteiger partial charge >= 0.3 is 11.9 Å². The molecule has 2 rings (SSSR count). The highest BCUT2D eigenvalue weighted by Gasteiger charge is 2.33. The Hall–Kier alpha value is -3.52. The van der Waals surface area contributed by atoms with Crippen molar-refractivity contribution < 1.29 is 39.3 Å². The SMILES string of the molecule is CC(O)C(NC(=O)C(CC(=O)O)NC(=O)C(Cc1cnc[nH]1)NC(=O)C1CCCN1)C(=O)O. The van der Waals surface area contributed by atoms with E-state index >= 15 is 0 Å². The molecule has 1 saturated heterocycles. The number of aliphatic carboxylic acids is 2. The van der Waals surface area contributed by atoms with Gasteiger partial charge in [0, 0.05) is 18.3 Å². The highest BCUT2D eigenvalue weighted by molar-refractivity contribution is 5.95. The zero-order valence-electron chi connectivity index (χ0n) is 17.9. The van der Waals surface area contributed by atoms with Gasteiger partial charge in [0.15, 0.2) is 6.04 Å². The highest BCUT2D eigenvalue weighted by atomic mass is 16.4. The number of carbonyl (C=O) groups is 5. The molecule has 14 heteroatoms. The molecule has 1 aliphatic heterocycles. The Morgan fingerprint density at radius 1 is 1.12 bits per heavy atom. The van der Waals surface area contributed by atoms with Gasteiger partial charge in [0.2, 0.25) is 17.7 Å². The monoisotopic (exact) mass is 468 g/mol. The number of aliphatic hydroxyl groups excluding tert-OH is 1. The third-order valence-corrected chi connectivity index (χ3v) is 5.05. The molecule has 14 nitrogen and oxygen atoms in total. The van der Waals surface area contributed by atoms with Gasteiger partial charge < -0.3 is 41.6 Å². The number of imidazole rings is 1. The molecule has 0 radical (unpaired) electrons. The van der Waals surface area contributed by atoms with Crippen LogP contribution in [0.5, 0.6) is 0 Å². The molecule has 1 aliphatic rings.